The van der Waals surface area contributed by atoms with Gasteiger partial charge in [-0.1, -0.05) is 45.9 Å². The van der Waals surface area contributed by atoms with Gasteiger partial charge in [-0.15, -0.1) is 0 Å². The maximum atomic E-state index is 11.2. The van der Waals surface area contributed by atoms with Crippen LogP contribution in [0.3, 0.4) is 0 Å². The Balaban J connectivity index is 1.93. The molecule has 4 heteroatoms. The summed E-state index contributed by atoms with van der Waals surface area (Å²) in [6.45, 7) is 11.3. The van der Waals surface area contributed by atoms with E-state index >= 15 is 0 Å². The molecule has 0 atom stereocenters. The van der Waals surface area contributed by atoms with Crippen LogP contribution in [0.1, 0.15) is 74.5 Å². The molecule has 0 heterocycles. The number of carboxylic acids is 1. The molecule has 0 aromatic heterocycles. The molecular formula is C24H27IO3. The standard InChI is InChI=1S/C24H27IO3/c1-15(14-28-21-13-17(22(26)27)7-9-20(21)25)16-6-8-18-19(12-16)24(4,5)11-10-23(18,2)3/h6-9,12-14H,10-11H2,1-5H3,(H,26,27)/b15-14+. The van der Waals surface area contributed by atoms with Crippen molar-refractivity contribution in [1.29, 1.82) is 0 Å². The molecule has 0 spiro atoms. The summed E-state index contributed by atoms with van der Waals surface area (Å²) < 4.78 is 6.72. The van der Waals surface area contributed by atoms with Crippen molar-refractivity contribution in [3.63, 3.8) is 0 Å². The summed E-state index contributed by atoms with van der Waals surface area (Å²) in [6, 6.07) is 11.6. The lowest BCUT2D eigenvalue weighted by Gasteiger charge is -2.42. The van der Waals surface area contributed by atoms with Gasteiger partial charge in [0.1, 0.15) is 5.75 Å². The number of halogens is 1. The average molecular weight is 490 g/mol. The van der Waals surface area contributed by atoms with Gasteiger partial charge in [0.2, 0.25) is 0 Å². The second-order valence-corrected chi connectivity index (χ2v) is 10.1. The molecule has 0 bridgehead atoms. The first-order valence-electron chi connectivity index (χ1n) is 9.53. The maximum Gasteiger partial charge on any atom is 0.335 e. The third-order valence-electron chi connectivity index (χ3n) is 5.85. The van der Waals surface area contributed by atoms with Crippen LogP contribution in [0.2, 0.25) is 0 Å². The van der Waals surface area contributed by atoms with Gasteiger partial charge in [-0.25, -0.2) is 4.79 Å². The van der Waals surface area contributed by atoms with Crippen LogP contribution in [-0.2, 0) is 10.8 Å². The fourth-order valence-corrected chi connectivity index (χ4v) is 4.24. The molecule has 3 nitrogen and oxygen atoms in total. The zero-order valence-corrected chi connectivity index (χ0v) is 19.3. The van der Waals surface area contributed by atoms with Crippen LogP contribution < -0.4 is 4.74 Å². The second-order valence-electron chi connectivity index (χ2n) is 8.90. The minimum Gasteiger partial charge on any atom is -0.478 e. The third kappa shape index (κ3) is 4.12. The van der Waals surface area contributed by atoms with Crippen molar-refractivity contribution in [2.24, 2.45) is 0 Å². The van der Waals surface area contributed by atoms with Gasteiger partial charge in [-0.05, 0) is 93.6 Å². The number of fused-ring (bicyclic) bond motifs is 1. The minimum absolute atomic E-state index is 0.160. The molecule has 148 valence electrons. The predicted molar refractivity (Wildman–Crippen MR) is 122 cm³/mol. The van der Waals surface area contributed by atoms with E-state index in [9.17, 15) is 9.90 Å². The normalized spacial score (nSPS) is 17.7. The molecular weight excluding hydrogens is 463 g/mol. The number of carboxylic acid groups (broad SMARTS) is 1. The lowest BCUT2D eigenvalue weighted by molar-refractivity contribution is 0.0696. The highest BCUT2D eigenvalue weighted by Crippen LogP contribution is 2.46. The molecule has 28 heavy (non-hydrogen) atoms. The molecule has 0 saturated carbocycles. The van der Waals surface area contributed by atoms with Gasteiger partial charge in [0.25, 0.3) is 0 Å². The number of aromatic carboxylic acids is 1. The van der Waals surface area contributed by atoms with E-state index in [0.717, 1.165) is 14.7 Å². The maximum absolute atomic E-state index is 11.2. The highest BCUT2D eigenvalue weighted by atomic mass is 127. The number of benzene rings is 2. The number of rotatable bonds is 4. The van der Waals surface area contributed by atoms with Crippen LogP contribution in [0.25, 0.3) is 5.57 Å². The van der Waals surface area contributed by atoms with Crippen molar-refractivity contribution < 1.29 is 14.6 Å². The molecule has 1 aliphatic carbocycles. The molecule has 1 N–H and O–H groups in total. The summed E-state index contributed by atoms with van der Waals surface area (Å²) in [5.74, 6) is -0.402. The number of hydrogen-bond acceptors (Lipinski definition) is 2. The number of hydrogen-bond donors (Lipinski definition) is 1. The quantitative estimate of drug-likeness (QED) is 0.380. The van der Waals surface area contributed by atoms with Gasteiger partial charge in [0, 0.05) is 0 Å². The van der Waals surface area contributed by atoms with Gasteiger partial charge >= 0.3 is 5.97 Å². The monoisotopic (exact) mass is 490 g/mol. The number of allylic oxidation sites excluding steroid dienone is 1. The van der Waals surface area contributed by atoms with Gasteiger partial charge < -0.3 is 9.84 Å². The van der Waals surface area contributed by atoms with Crippen LogP contribution in [0.4, 0.5) is 0 Å². The van der Waals surface area contributed by atoms with Gasteiger partial charge in [0.15, 0.2) is 0 Å². The zero-order chi connectivity index (χ0) is 20.7. The van der Waals surface area contributed by atoms with Gasteiger partial charge in [-0.3, -0.25) is 0 Å². The van der Waals surface area contributed by atoms with E-state index in [1.807, 2.05) is 6.92 Å². The summed E-state index contributed by atoms with van der Waals surface area (Å²) in [5, 5.41) is 9.19. The van der Waals surface area contributed by atoms with E-state index in [2.05, 4.69) is 68.5 Å². The van der Waals surface area contributed by atoms with Crippen molar-refractivity contribution in [2.75, 3.05) is 0 Å². The highest BCUT2D eigenvalue weighted by Gasteiger charge is 2.36. The third-order valence-corrected chi connectivity index (χ3v) is 6.74. The largest absolute Gasteiger partial charge is 0.478 e. The Morgan fingerprint density at radius 1 is 1.00 bits per heavy atom. The Morgan fingerprint density at radius 3 is 2.25 bits per heavy atom. The lowest BCUT2D eigenvalue weighted by atomic mass is 9.63. The van der Waals surface area contributed by atoms with Crippen molar-refractivity contribution in [1.82, 2.24) is 0 Å². The van der Waals surface area contributed by atoms with Crippen molar-refractivity contribution in [3.05, 3.63) is 68.5 Å². The minimum atomic E-state index is -0.957. The summed E-state index contributed by atoms with van der Waals surface area (Å²) in [5.41, 5.74) is 5.57. The van der Waals surface area contributed by atoms with E-state index in [1.165, 1.54) is 24.0 Å². The fourth-order valence-electron chi connectivity index (χ4n) is 3.78. The Kier molecular flexibility index (Phi) is 5.63. The average Bonchev–Trinajstić information content (AvgIpc) is 2.64. The Hall–Kier alpha value is -1.82. The van der Waals surface area contributed by atoms with Crippen molar-refractivity contribution >= 4 is 34.1 Å². The summed E-state index contributed by atoms with van der Waals surface area (Å²) in [4.78, 5) is 11.2. The molecule has 0 saturated heterocycles. The number of carbonyl (C=O) groups is 1. The van der Waals surface area contributed by atoms with E-state index in [4.69, 9.17) is 4.74 Å². The summed E-state index contributed by atoms with van der Waals surface area (Å²) in [6.07, 6.45) is 4.09. The first-order valence-corrected chi connectivity index (χ1v) is 10.6. The summed E-state index contributed by atoms with van der Waals surface area (Å²) in [7, 11) is 0. The van der Waals surface area contributed by atoms with E-state index in [1.54, 1.807) is 24.5 Å². The number of ether oxygens (including phenoxy) is 1. The Bertz CT molecular complexity index is 954. The first-order chi connectivity index (χ1) is 13.0. The van der Waals surface area contributed by atoms with Crippen LogP contribution in [0, 0.1) is 3.57 Å². The molecule has 0 unspecified atom stereocenters. The van der Waals surface area contributed by atoms with E-state index < -0.39 is 5.97 Å². The van der Waals surface area contributed by atoms with Crippen LogP contribution in [0.15, 0.2) is 42.7 Å². The highest BCUT2D eigenvalue weighted by molar-refractivity contribution is 14.1. The fraction of sp³-hybridized carbons (Fsp3) is 0.375. The van der Waals surface area contributed by atoms with Crippen LogP contribution in [0.5, 0.6) is 5.75 Å². The van der Waals surface area contributed by atoms with Crippen molar-refractivity contribution in [3.8, 4) is 5.75 Å². The molecule has 1 aliphatic rings. The predicted octanol–water partition coefficient (Wildman–Crippen LogP) is 6.78. The van der Waals surface area contributed by atoms with E-state index in [0.29, 0.717) is 5.75 Å². The molecule has 0 radical (unpaired) electrons. The molecule has 0 aliphatic heterocycles. The zero-order valence-electron chi connectivity index (χ0n) is 17.1. The SMILES string of the molecule is C/C(=C\Oc1cc(C(=O)O)ccc1I)c1ccc2c(c1)C(C)(C)CCC2(C)C. The van der Waals surface area contributed by atoms with Crippen LogP contribution in [-0.4, -0.2) is 11.1 Å². The molecule has 0 fully saturated rings. The Labute approximate surface area is 181 Å². The first kappa shape index (κ1) is 20.9. The molecule has 0 amide bonds. The van der Waals surface area contributed by atoms with Crippen LogP contribution >= 0.6 is 22.6 Å². The topological polar surface area (TPSA) is 46.5 Å². The lowest BCUT2D eigenvalue weighted by Crippen LogP contribution is -2.33. The summed E-state index contributed by atoms with van der Waals surface area (Å²) >= 11 is 2.15. The van der Waals surface area contributed by atoms with Gasteiger partial charge in [0.05, 0.1) is 15.4 Å². The van der Waals surface area contributed by atoms with Crippen molar-refractivity contribution in [2.45, 2.75) is 58.3 Å². The van der Waals surface area contributed by atoms with Gasteiger partial charge in [-0.2, -0.15) is 0 Å². The molecule has 2 aromatic carbocycles. The second kappa shape index (κ2) is 7.54. The molecule has 2 aromatic rings. The smallest absolute Gasteiger partial charge is 0.335 e. The Morgan fingerprint density at radius 2 is 1.61 bits per heavy atom. The molecule has 3 rings (SSSR count). The van der Waals surface area contributed by atoms with E-state index in [-0.39, 0.29) is 16.4 Å².